The number of rotatable bonds is 6. The van der Waals surface area contributed by atoms with Gasteiger partial charge in [-0.05, 0) is 0 Å². The fourth-order valence-electron chi connectivity index (χ4n) is 0.378. The number of hydrogen-bond acceptors (Lipinski definition) is 4. The molecule has 0 aliphatic rings. The first kappa shape index (κ1) is 11.5. The highest BCUT2D eigenvalue weighted by Gasteiger charge is 2.18. The lowest BCUT2D eigenvalue weighted by molar-refractivity contribution is -0.135. The summed E-state index contributed by atoms with van der Waals surface area (Å²) in [5, 5.41) is 18.1. The molecule has 0 saturated heterocycles. The average Bonchev–Trinajstić information content (AvgIpc) is 1.98. The van der Waals surface area contributed by atoms with E-state index in [1.807, 2.05) is 0 Å². The Morgan fingerprint density at radius 1 is 1.58 bits per heavy atom. The van der Waals surface area contributed by atoms with Gasteiger partial charge < -0.3 is 15.1 Å². The van der Waals surface area contributed by atoms with Crippen LogP contribution in [-0.4, -0.2) is 40.8 Å². The predicted octanol–water partition coefficient (Wildman–Crippen LogP) is -1.23. The van der Waals surface area contributed by atoms with Crippen LogP contribution in [0.25, 0.3) is 0 Å². The summed E-state index contributed by atoms with van der Waals surface area (Å²) in [5.74, 6) is -1.27. The van der Waals surface area contributed by atoms with Crippen molar-refractivity contribution in [3.8, 4) is 0 Å². The fraction of sp³-hybridized carbons (Fsp3) is 0.750. The predicted molar refractivity (Wildman–Crippen MR) is 38.5 cm³/mol. The first-order valence-corrected chi connectivity index (χ1v) is 4.61. The van der Waals surface area contributed by atoms with E-state index >= 15 is 0 Å². The summed E-state index contributed by atoms with van der Waals surface area (Å²) in [6, 6.07) is 0. The van der Waals surface area contributed by atoms with Crippen molar-refractivity contribution in [3.05, 3.63) is 0 Å². The molecule has 0 aromatic rings. The van der Waals surface area contributed by atoms with Crippen molar-refractivity contribution >= 4 is 13.7 Å². The number of nitrogens with one attached hydrogen (secondary N) is 1. The Labute approximate surface area is 68.6 Å². The molecule has 0 aliphatic heterocycles. The quantitative estimate of drug-likeness (QED) is 0.396. The van der Waals surface area contributed by atoms with Crippen molar-refractivity contribution in [2.24, 2.45) is 0 Å². The van der Waals surface area contributed by atoms with Crippen LogP contribution < -0.4 is 5.09 Å². The van der Waals surface area contributed by atoms with E-state index in [0.29, 0.717) is 0 Å². The van der Waals surface area contributed by atoms with Crippen LogP contribution in [0.2, 0.25) is 0 Å². The number of carboxylic acids is 1. The summed E-state index contributed by atoms with van der Waals surface area (Å²) < 4.78 is 14.9. The van der Waals surface area contributed by atoms with Crippen LogP contribution in [0.1, 0.15) is 0 Å². The Morgan fingerprint density at radius 2 is 2.17 bits per heavy atom. The summed E-state index contributed by atoms with van der Waals surface area (Å²) >= 11 is 0. The topological polar surface area (TPSA) is 116 Å². The van der Waals surface area contributed by atoms with Crippen molar-refractivity contribution in [1.29, 1.82) is 0 Å². The van der Waals surface area contributed by atoms with Crippen molar-refractivity contribution < 1.29 is 29.0 Å². The van der Waals surface area contributed by atoms with Gasteiger partial charge in [0.2, 0.25) is 0 Å². The van der Waals surface area contributed by atoms with Crippen LogP contribution >= 0.6 is 7.75 Å². The van der Waals surface area contributed by atoms with Crippen LogP contribution in [0.15, 0.2) is 0 Å². The van der Waals surface area contributed by atoms with Gasteiger partial charge in [0.25, 0.3) is 0 Å². The van der Waals surface area contributed by atoms with Crippen LogP contribution in [0.5, 0.6) is 0 Å². The van der Waals surface area contributed by atoms with E-state index in [0.717, 1.165) is 0 Å². The lowest BCUT2D eigenvalue weighted by Gasteiger charge is -2.10. The highest BCUT2D eigenvalue weighted by Crippen LogP contribution is 2.35. The van der Waals surface area contributed by atoms with Crippen LogP contribution in [0.3, 0.4) is 0 Å². The standard InChI is InChI=1S/C4H10NO6P/c6-1-2-11-12(9,10)5-3-4(7)8/h6H,1-3H2,(H,7,8)(H2,5,9,10). The Balaban J connectivity index is 3.71. The lowest BCUT2D eigenvalue weighted by Crippen LogP contribution is -2.21. The number of aliphatic hydroxyl groups excluding tert-OH is 1. The molecule has 0 saturated carbocycles. The zero-order valence-corrected chi connectivity index (χ0v) is 7.03. The van der Waals surface area contributed by atoms with Gasteiger partial charge in [-0.25, -0.2) is 9.65 Å². The smallest absolute Gasteiger partial charge is 0.403 e. The molecule has 0 rings (SSSR count). The normalized spacial score (nSPS) is 15.5. The minimum absolute atomic E-state index is 0.319. The Morgan fingerprint density at radius 3 is 2.58 bits per heavy atom. The maximum Gasteiger partial charge on any atom is 0.403 e. The van der Waals surface area contributed by atoms with E-state index in [9.17, 15) is 9.36 Å². The van der Waals surface area contributed by atoms with E-state index in [2.05, 4.69) is 4.52 Å². The molecule has 72 valence electrons. The molecule has 4 N–H and O–H groups in total. The summed E-state index contributed by atoms with van der Waals surface area (Å²) in [4.78, 5) is 18.7. The molecule has 0 radical (unpaired) electrons. The second kappa shape index (κ2) is 5.23. The van der Waals surface area contributed by atoms with Gasteiger partial charge in [0.15, 0.2) is 0 Å². The molecule has 7 nitrogen and oxygen atoms in total. The lowest BCUT2D eigenvalue weighted by atomic mass is 10.7. The van der Waals surface area contributed by atoms with E-state index in [4.69, 9.17) is 15.1 Å². The monoisotopic (exact) mass is 199 g/mol. The summed E-state index contributed by atoms with van der Waals surface area (Å²) in [5.41, 5.74) is 0. The highest BCUT2D eigenvalue weighted by atomic mass is 31.2. The summed E-state index contributed by atoms with van der Waals surface area (Å²) in [7, 11) is -4.05. The molecule has 12 heavy (non-hydrogen) atoms. The number of hydrogen-bond donors (Lipinski definition) is 4. The van der Waals surface area contributed by atoms with Gasteiger partial charge in [-0.2, -0.15) is 0 Å². The molecular weight excluding hydrogens is 189 g/mol. The first-order valence-electron chi connectivity index (χ1n) is 3.03. The van der Waals surface area contributed by atoms with Crippen molar-refractivity contribution in [1.82, 2.24) is 5.09 Å². The van der Waals surface area contributed by atoms with Crippen molar-refractivity contribution in [2.75, 3.05) is 19.8 Å². The molecule has 0 amide bonds. The Hall–Kier alpha value is -0.460. The fourth-order valence-corrected chi connectivity index (χ4v) is 1.13. The second-order valence-corrected chi connectivity index (χ2v) is 3.42. The Bertz CT molecular complexity index is 194. The first-order chi connectivity index (χ1) is 5.48. The van der Waals surface area contributed by atoms with Gasteiger partial charge in [-0.15, -0.1) is 0 Å². The summed E-state index contributed by atoms with van der Waals surface area (Å²) in [6.07, 6.45) is 0. The zero-order chi connectivity index (χ0) is 9.61. The number of carboxylic acid groups (broad SMARTS) is 1. The number of carbonyl (C=O) groups is 1. The van der Waals surface area contributed by atoms with Crippen molar-refractivity contribution in [3.63, 3.8) is 0 Å². The SMILES string of the molecule is O=C(O)CNP(=O)(O)OCCO. The highest BCUT2D eigenvalue weighted by molar-refractivity contribution is 7.50. The van der Waals surface area contributed by atoms with E-state index in [-0.39, 0.29) is 6.61 Å². The van der Waals surface area contributed by atoms with Gasteiger partial charge in [0, 0.05) is 0 Å². The zero-order valence-electron chi connectivity index (χ0n) is 6.13. The van der Waals surface area contributed by atoms with E-state index in [1.54, 1.807) is 5.09 Å². The van der Waals surface area contributed by atoms with Crippen LogP contribution in [0.4, 0.5) is 0 Å². The third kappa shape index (κ3) is 6.26. The minimum atomic E-state index is -4.05. The van der Waals surface area contributed by atoms with E-state index < -0.39 is 26.9 Å². The molecule has 0 spiro atoms. The molecular formula is C4H10NO6P. The second-order valence-electron chi connectivity index (χ2n) is 1.81. The van der Waals surface area contributed by atoms with Gasteiger partial charge in [0.1, 0.15) is 6.54 Å². The molecule has 0 aliphatic carbocycles. The van der Waals surface area contributed by atoms with Gasteiger partial charge in [0.05, 0.1) is 13.2 Å². The van der Waals surface area contributed by atoms with E-state index in [1.165, 1.54) is 0 Å². The maximum atomic E-state index is 10.7. The number of aliphatic hydroxyl groups is 1. The Kier molecular flexibility index (Phi) is 5.03. The van der Waals surface area contributed by atoms with Crippen LogP contribution in [0, 0.1) is 0 Å². The maximum absolute atomic E-state index is 10.7. The van der Waals surface area contributed by atoms with Crippen molar-refractivity contribution in [2.45, 2.75) is 0 Å². The molecule has 1 atom stereocenters. The molecule has 0 aromatic carbocycles. The van der Waals surface area contributed by atoms with Gasteiger partial charge in [-0.3, -0.25) is 9.32 Å². The van der Waals surface area contributed by atoms with Gasteiger partial charge in [-0.1, -0.05) is 0 Å². The van der Waals surface area contributed by atoms with Crippen LogP contribution in [-0.2, 0) is 13.9 Å². The molecule has 1 unspecified atom stereocenters. The third-order valence-electron chi connectivity index (χ3n) is 0.788. The third-order valence-corrected chi connectivity index (χ3v) is 1.88. The molecule has 0 fully saturated rings. The average molecular weight is 199 g/mol. The largest absolute Gasteiger partial charge is 0.480 e. The number of aliphatic carboxylic acids is 1. The minimum Gasteiger partial charge on any atom is -0.480 e. The van der Waals surface area contributed by atoms with Gasteiger partial charge >= 0.3 is 13.7 Å². The molecule has 0 bridgehead atoms. The summed E-state index contributed by atoms with van der Waals surface area (Å²) in [6.45, 7) is -1.39. The molecule has 0 heterocycles. The molecule has 8 heteroatoms. The molecule has 0 aromatic heterocycles.